The van der Waals surface area contributed by atoms with Gasteiger partial charge in [-0.05, 0) is 42.5 Å². The summed E-state index contributed by atoms with van der Waals surface area (Å²) in [6.45, 7) is -0.427. The van der Waals surface area contributed by atoms with Crippen LogP contribution in [0.25, 0.3) is 10.6 Å². The summed E-state index contributed by atoms with van der Waals surface area (Å²) < 4.78 is 15.4. The number of amides is 1. The van der Waals surface area contributed by atoms with Crippen molar-refractivity contribution in [3.05, 3.63) is 58.6 Å². The highest BCUT2D eigenvalue weighted by Crippen LogP contribution is 2.28. The lowest BCUT2D eigenvalue weighted by molar-refractivity contribution is -0.146. The molecule has 30 heavy (non-hydrogen) atoms. The van der Waals surface area contributed by atoms with Gasteiger partial charge < -0.3 is 19.5 Å². The zero-order valence-electron chi connectivity index (χ0n) is 16.3. The van der Waals surface area contributed by atoms with Gasteiger partial charge in [0.15, 0.2) is 6.61 Å². The number of carbonyl (C=O) groups excluding carboxylic acids is 2. The predicted molar refractivity (Wildman–Crippen MR) is 115 cm³/mol. The summed E-state index contributed by atoms with van der Waals surface area (Å²) >= 11 is 7.36. The fourth-order valence-corrected chi connectivity index (χ4v) is 3.56. The Hall–Kier alpha value is -3.10. The van der Waals surface area contributed by atoms with E-state index in [0.29, 0.717) is 22.2 Å². The molecular formula is C21H19ClN2O5S. The summed E-state index contributed by atoms with van der Waals surface area (Å²) in [5.74, 6) is 0.163. The van der Waals surface area contributed by atoms with Crippen molar-refractivity contribution in [3.63, 3.8) is 0 Å². The zero-order chi connectivity index (χ0) is 21.5. The van der Waals surface area contributed by atoms with Crippen LogP contribution in [0.15, 0.2) is 47.8 Å². The van der Waals surface area contributed by atoms with Crippen LogP contribution in [0.3, 0.4) is 0 Å². The lowest BCUT2D eigenvalue weighted by Gasteiger charge is -2.10. The molecule has 0 radical (unpaired) electrons. The number of ether oxygens (including phenoxy) is 3. The molecule has 1 N–H and O–H groups in total. The van der Waals surface area contributed by atoms with E-state index in [1.807, 2.05) is 24.3 Å². The summed E-state index contributed by atoms with van der Waals surface area (Å²) in [5.41, 5.74) is 1.90. The van der Waals surface area contributed by atoms with Crippen LogP contribution < -0.4 is 14.8 Å². The number of benzene rings is 2. The SMILES string of the molecule is COc1ccc(-c2nc(CC(=O)OCC(=O)Nc3cc(Cl)ccc3OC)cs2)cc1. The molecule has 0 saturated carbocycles. The van der Waals surface area contributed by atoms with Gasteiger partial charge in [0.05, 0.1) is 32.0 Å². The van der Waals surface area contributed by atoms with E-state index in [1.165, 1.54) is 18.4 Å². The van der Waals surface area contributed by atoms with E-state index in [1.54, 1.807) is 30.7 Å². The summed E-state index contributed by atoms with van der Waals surface area (Å²) in [7, 11) is 3.08. The number of aromatic nitrogens is 1. The molecule has 0 atom stereocenters. The van der Waals surface area contributed by atoms with Crippen molar-refractivity contribution in [1.82, 2.24) is 4.98 Å². The number of anilines is 1. The first-order valence-corrected chi connectivity index (χ1v) is 10.1. The Morgan fingerprint density at radius 1 is 1.10 bits per heavy atom. The van der Waals surface area contributed by atoms with Crippen molar-refractivity contribution in [3.8, 4) is 22.1 Å². The first-order valence-electron chi connectivity index (χ1n) is 8.86. The van der Waals surface area contributed by atoms with Crippen LogP contribution in [0.5, 0.6) is 11.5 Å². The van der Waals surface area contributed by atoms with Crippen molar-refractivity contribution in [1.29, 1.82) is 0 Å². The Kier molecular flexibility index (Phi) is 7.26. The molecule has 0 unspecified atom stereocenters. The molecule has 1 heterocycles. The van der Waals surface area contributed by atoms with Gasteiger partial charge >= 0.3 is 5.97 Å². The molecule has 0 aliphatic rings. The predicted octanol–water partition coefficient (Wildman–Crippen LogP) is 4.21. The third-order valence-electron chi connectivity index (χ3n) is 4.01. The quantitative estimate of drug-likeness (QED) is 0.522. The molecule has 0 aliphatic heterocycles. The highest BCUT2D eigenvalue weighted by atomic mass is 35.5. The third-order valence-corrected chi connectivity index (χ3v) is 5.19. The Labute approximate surface area is 182 Å². The number of esters is 1. The monoisotopic (exact) mass is 446 g/mol. The smallest absolute Gasteiger partial charge is 0.312 e. The molecule has 9 heteroatoms. The molecule has 0 saturated heterocycles. The Balaban J connectivity index is 1.52. The van der Waals surface area contributed by atoms with E-state index in [0.717, 1.165) is 16.3 Å². The Bertz CT molecular complexity index is 1040. The van der Waals surface area contributed by atoms with Gasteiger partial charge in [-0.25, -0.2) is 4.98 Å². The number of nitrogens with zero attached hydrogens (tertiary/aromatic N) is 1. The summed E-state index contributed by atoms with van der Waals surface area (Å²) in [5, 5.41) is 5.62. The van der Waals surface area contributed by atoms with E-state index < -0.39 is 18.5 Å². The van der Waals surface area contributed by atoms with E-state index in [4.69, 9.17) is 25.8 Å². The van der Waals surface area contributed by atoms with Crippen LogP contribution in [0.2, 0.25) is 5.02 Å². The van der Waals surface area contributed by atoms with Crippen LogP contribution >= 0.6 is 22.9 Å². The zero-order valence-corrected chi connectivity index (χ0v) is 17.9. The van der Waals surface area contributed by atoms with Gasteiger partial charge in [-0.15, -0.1) is 11.3 Å². The molecule has 156 valence electrons. The first-order chi connectivity index (χ1) is 14.5. The average molecular weight is 447 g/mol. The van der Waals surface area contributed by atoms with Crippen LogP contribution in [0.1, 0.15) is 5.69 Å². The molecule has 3 rings (SSSR count). The van der Waals surface area contributed by atoms with E-state index in [9.17, 15) is 9.59 Å². The summed E-state index contributed by atoms with van der Waals surface area (Å²) in [4.78, 5) is 28.6. The van der Waals surface area contributed by atoms with Gasteiger partial charge in [0.25, 0.3) is 5.91 Å². The number of hydrogen-bond donors (Lipinski definition) is 1. The largest absolute Gasteiger partial charge is 0.497 e. The molecular weight excluding hydrogens is 428 g/mol. The maximum Gasteiger partial charge on any atom is 0.312 e. The van der Waals surface area contributed by atoms with Crippen LogP contribution in [0.4, 0.5) is 5.69 Å². The number of rotatable bonds is 8. The van der Waals surface area contributed by atoms with Crippen LogP contribution in [-0.2, 0) is 20.7 Å². The molecule has 0 spiro atoms. The minimum atomic E-state index is -0.546. The van der Waals surface area contributed by atoms with Crippen molar-refractivity contribution >= 4 is 40.5 Å². The minimum absolute atomic E-state index is 0.0274. The number of thiazole rings is 1. The van der Waals surface area contributed by atoms with Gasteiger partial charge in [0.1, 0.15) is 16.5 Å². The Morgan fingerprint density at radius 2 is 1.87 bits per heavy atom. The lowest BCUT2D eigenvalue weighted by Crippen LogP contribution is -2.22. The second-order valence-electron chi connectivity index (χ2n) is 6.10. The van der Waals surface area contributed by atoms with Gasteiger partial charge in [-0.3, -0.25) is 9.59 Å². The van der Waals surface area contributed by atoms with E-state index in [2.05, 4.69) is 10.3 Å². The van der Waals surface area contributed by atoms with Crippen molar-refractivity contribution in [2.24, 2.45) is 0 Å². The molecule has 3 aromatic rings. The lowest BCUT2D eigenvalue weighted by atomic mass is 10.2. The van der Waals surface area contributed by atoms with Gasteiger partial charge in [0, 0.05) is 16.0 Å². The first kappa shape index (κ1) is 21.6. The van der Waals surface area contributed by atoms with Crippen molar-refractivity contribution in [2.45, 2.75) is 6.42 Å². The average Bonchev–Trinajstić information content (AvgIpc) is 3.21. The molecule has 1 aromatic heterocycles. The number of nitrogens with one attached hydrogen (secondary N) is 1. The minimum Gasteiger partial charge on any atom is -0.497 e. The second-order valence-corrected chi connectivity index (χ2v) is 7.40. The highest BCUT2D eigenvalue weighted by Gasteiger charge is 2.14. The number of halogens is 1. The topological polar surface area (TPSA) is 86.8 Å². The molecule has 1 amide bonds. The van der Waals surface area contributed by atoms with Crippen molar-refractivity contribution < 1.29 is 23.8 Å². The maximum absolute atomic E-state index is 12.1. The highest BCUT2D eigenvalue weighted by molar-refractivity contribution is 7.13. The van der Waals surface area contributed by atoms with Crippen LogP contribution in [-0.4, -0.2) is 37.7 Å². The molecule has 2 aromatic carbocycles. The standard InChI is InChI=1S/C21H19ClN2O5S/c1-27-16-6-3-13(4-7-16)21-23-15(12-30-21)10-20(26)29-11-19(25)24-17-9-14(22)5-8-18(17)28-2/h3-9,12H,10-11H2,1-2H3,(H,24,25). The third kappa shape index (κ3) is 5.71. The number of methoxy groups -OCH3 is 2. The van der Waals surface area contributed by atoms with Gasteiger partial charge in [0.2, 0.25) is 0 Å². The normalized spacial score (nSPS) is 10.4. The molecule has 0 aliphatic carbocycles. The van der Waals surface area contributed by atoms with E-state index >= 15 is 0 Å². The molecule has 0 fully saturated rings. The van der Waals surface area contributed by atoms with Gasteiger partial charge in [-0.1, -0.05) is 11.6 Å². The maximum atomic E-state index is 12.1. The second kappa shape index (κ2) is 10.1. The fourth-order valence-electron chi connectivity index (χ4n) is 2.56. The molecule has 0 bridgehead atoms. The number of hydrogen-bond acceptors (Lipinski definition) is 7. The Morgan fingerprint density at radius 3 is 2.57 bits per heavy atom. The fraction of sp³-hybridized carbons (Fsp3) is 0.190. The summed E-state index contributed by atoms with van der Waals surface area (Å²) in [6, 6.07) is 12.3. The van der Waals surface area contributed by atoms with Crippen molar-refractivity contribution in [2.75, 3.05) is 26.1 Å². The number of carbonyl (C=O) groups is 2. The van der Waals surface area contributed by atoms with E-state index in [-0.39, 0.29) is 6.42 Å². The summed E-state index contributed by atoms with van der Waals surface area (Å²) in [6.07, 6.45) is -0.0274. The van der Waals surface area contributed by atoms with Gasteiger partial charge in [-0.2, -0.15) is 0 Å². The van der Waals surface area contributed by atoms with Crippen LogP contribution in [0, 0.1) is 0 Å². The molecule has 7 nitrogen and oxygen atoms in total.